The first-order chi connectivity index (χ1) is 7.65. The maximum absolute atomic E-state index is 9.03. The van der Waals surface area contributed by atoms with Gasteiger partial charge in [-0.05, 0) is 50.2 Å². The molecule has 1 aromatic heterocycles. The van der Waals surface area contributed by atoms with E-state index in [-0.39, 0.29) is 5.41 Å². The maximum Gasteiger partial charge on any atom is 0.0703 e. The molecule has 1 aliphatic rings. The lowest BCUT2D eigenvalue weighted by Crippen LogP contribution is -2.28. The highest BCUT2D eigenvalue weighted by Crippen LogP contribution is 2.45. The first kappa shape index (κ1) is 11.6. The van der Waals surface area contributed by atoms with E-state index in [9.17, 15) is 0 Å². The molecule has 0 atom stereocenters. The zero-order valence-electron chi connectivity index (χ0n) is 9.99. The van der Waals surface area contributed by atoms with E-state index in [1.807, 2.05) is 11.3 Å². The Hall–Kier alpha value is -0.850. The molecule has 1 aliphatic carbocycles. The van der Waals surface area contributed by atoms with Gasteiger partial charge >= 0.3 is 0 Å². The van der Waals surface area contributed by atoms with Crippen molar-refractivity contribution < 1.29 is 0 Å². The third-order valence-electron chi connectivity index (χ3n) is 3.35. The zero-order valence-corrected chi connectivity index (χ0v) is 10.8. The average Bonchev–Trinajstić information content (AvgIpc) is 2.92. The molecule has 1 heterocycles. The van der Waals surface area contributed by atoms with Gasteiger partial charge in [-0.25, -0.2) is 0 Å². The smallest absolute Gasteiger partial charge is 0.0703 e. The van der Waals surface area contributed by atoms with E-state index >= 15 is 0 Å². The molecule has 0 bridgehead atoms. The molecule has 2 nitrogen and oxygen atoms in total. The predicted octanol–water partition coefficient (Wildman–Crippen LogP) is 2.83. The van der Waals surface area contributed by atoms with E-state index in [2.05, 4.69) is 36.4 Å². The van der Waals surface area contributed by atoms with Gasteiger partial charge in [0.1, 0.15) is 0 Å². The van der Waals surface area contributed by atoms with Crippen LogP contribution in [-0.4, -0.2) is 25.0 Å². The van der Waals surface area contributed by atoms with Crippen molar-refractivity contribution in [3.63, 3.8) is 0 Å². The number of nitriles is 1. The van der Waals surface area contributed by atoms with E-state index in [1.54, 1.807) is 0 Å². The summed E-state index contributed by atoms with van der Waals surface area (Å²) >= 11 is 1.84. The molecule has 16 heavy (non-hydrogen) atoms. The lowest BCUT2D eigenvalue weighted by Gasteiger charge is -2.18. The van der Waals surface area contributed by atoms with E-state index in [0.717, 1.165) is 32.4 Å². The van der Waals surface area contributed by atoms with Crippen LogP contribution in [0.4, 0.5) is 0 Å². The molecule has 0 aromatic carbocycles. The van der Waals surface area contributed by atoms with Crippen molar-refractivity contribution in [2.45, 2.75) is 26.2 Å². The van der Waals surface area contributed by atoms with Crippen molar-refractivity contribution in [2.24, 2.45) is 5.41 Å². The molecule has 2 rings (SSSR count). The number of hydrogen-bond acceptors (Lipinski definition) is 3. The van der Waals surface area contributed by atoms with Crippen LogP contribution in [0, 0.1) is 23.7 Å². The van der Waals surface area contributed by atoms with Gasteiger partial charge in [0.2, 0.25) is 0 Å². The minimum Gasteiger partial charge on any atom is -0.304 e. The molecule has 0 radical (unpaired) electrons. The van der Waals surface area contributed by atoms with Crippen molar-refractivity contribution in [3.8, 4) is 6.07 Å². The highest BCUT2D eigenvalue weighted by molar-refractivity contribution is 7.10. The summed E-state index contributed by atoms with van der Waals surface area (Å²) in [5, 5.41) is 11.2. The van der Waals surface area contributed by atoms with Crippen molar-refractivity contribution in [1.29, 1.82) is 5.26 Å². The summed E-state index contributed by atoms with van der Waals surface area (Å²) in [5.41, 5.74) is 1.40. The van der Waals surface area contributed by atoms with E-state index in [1.165, 1.54) is 10.4 Å². The molecule has 3 heteroatoms. The van der Waals surface area contributed by atoms with Crippen LogP contribution in [-0.2, 0) is 6.42 Å². The SMILES string of the molecule is Cc1ccsc1CCN(C)CC1(C#N)CC1. The van der Waals surface area contributed by atoms with Gasteiger partial charge in [0.25, 0.3) is 0 Å². The quantitative estimate of drug-likeness (QED) is 0.783. The summed E-state index contributed by atoms with van der Waals surface area (Å²) in [6.45, 7) is 4.17. The Morgan fingerprint density at radius 3 is 2.81 bits per heavy atom. The lowest BCUT2D eigenvalue weighted by atomic mass is 10.1. The van der Waals surface area contributed by atoms with Crippen molar-refractivity contribution in [3.05, 3.63) is 21.9 Å². The Morgan fingerprint density at radius 1 is 1.56 bits per heavy atom. The van der Waals surface area contributed by atoms with E-state index in [0.29, 0.717) is 0 Å². The summed E-state index contributed by atoms with van der Waals surface area (Å²) in [5.74, 6) is 0. The van der Waals surface area contributed by atoms with Crippen LogP contribution in [0.3, 0.4) is 0 Å². The summed E-state index contributed by atoms with van der Waals surface area (Å²) < 4.78 is 0. The highest BCUT2D eigenvalue weighted by Gasteiger charge is 2.43. The van der Waals surface area contributed by atoms with Crippen LogP contribution in [0.15, 0.2) is 11.4 Å². The van der Waals surface area contributed by atoms with Gasteiger partial charge in [-0.1, -0.05) is 0 Å². The predicted molar refractivity (Wildman–Crippen MR) is 67.5 cm³/mol. The van der Waals surface area contributed by atoms with Gasteiger partial charge in [-0.3, -0.25) is 0 Å². The minimum absolute atomic E-state index is 0.000750. The van der Waals surface area contributed by atoms with Gasteiger partial charge < -0.3 is 4.90 Å². The Morgan fingerprint density at radius 2 is 2.31 bits per heavy atom. The average molecular weight is 234 g/mol. The third kappa shape index (κ3) is 2.63. The Balaban J connectivity index is 1.78. The topological polar surface area (TPSA) is 27.0 Å². The molecule has 1 saturated carbocycles. The number of likely N-dealkylation sites (N-methyl/N-ethyl adjacent to an activating group) is 1. The third-order valence-corrected chi connectivity index (χ3v) is 4.43. The van der Waals surface area contributed by atoms with E-state index < -0.39 is 0 Å². The molecule has 86 valence electrons. The largest absolute Gasteiger partial charge is 0.304 e. The number of thiophene rings is 1. The van der Waals surface area contributed by atoms with Crippen molar-refractivity contribution in [2.75, 3.05) is 20.1 Å². The molecular weight excluding hydrogens is 216 g/mol. The standard InChI is InChI=1S/C13H18N2S/c1-11-4-8-16-12(11)3-7-15(2)10-13(9-14)5-6-13/h4,8H,3,5-7,10H2,1-2H3. The van der Waals surface area contributed by atoms with Gasteiger partial charge in [0.05, 0.1) is 11.5 Å². The highest BCUT2D eigenvalue weighted by atomic mass is 32.1. The fourth-order valence-corrected chi connectivity index (χ4v) is 2.90. The Labute approximate surface area is 102 Å². The fourth-order valence-electron chi connectivity index (χ4n) is 2.00. The number of nitrogens with zero attached hydrogens (tertiary/aromatic N) is 2. The lowest BCUT2D eigenvalue weighted by molar-refractivity contribution is 0.298. The summed E-state index contributed by atoms with van der Waals surface area (Å²) in [6, 6.07) is 4.63. The fraction of sp³-hybridized carbons (Fsp3) is 0.615. The molecule has 0 unspecified atom stereocenters. The first-order valence-electron chi connectivity index (χ1n) is 5.78. The van der Waals surface area contributed by atoms with Gasteiger partial charge in [0, 0.05) is 18.0 Å². The molecule has 1 aromatic rings. The second-order valence-electron chi connectivity index (χ2n) is 4.91. The Kier molecular flexibility index (Phi) is 3.32. The maximum atomic E-state index is 9.03. The number of hydrogen-bond donors (Lipinski definition) is 0. The van der Waals surface area contributed by atoms with Crippen LogP contribution in [0.1, 0.15) is 23.3 Å². The van der Waals surface area contributed by atoms with Crippen LogP contribution in [0.25, 0.3) is 0 Å². The monoisotopic (exact) mass is 234 g/mol. The summed E-state index contributed by atoms with van der Waals surface area (Å²) in [4.78, 5) is 3.78. The van der Waals surface area contributed by atoms with Crippen LogP contribution >= 0.6 is 11.3 Å². The van der Waals surface area contributed by atoms with Crippen LogP contribution in [0.2, 0.25) is 0 Å². The Bertz CT molecular complexity index is 398. The number of rotatable bonds is 5. The molecule has 0 aliphatic heterocycles. The zero-order chi connectivity index (χ0) is 11.6. The van der Waals surface area contributed by atoms with Gasteiger partial charge in [0.15, 0.2) is 0 Å². The van der Waals surface area contributed by atoms with E-state index in [4.69, 9.17) is 5.26 Å². The second-order valence-corrected chi connectivity index (χ2v) is 5.91. The van der Waals surface area contributed by atoms with Gasteiger partial charge in [-0.2, -0.15) is 5.26 Å². The van der Waals surface area contributed by atoms with Crippen LogP contribution < -0.4 is 0 Å². The van der Waals surface area contributed by atoms with Crippen molar-refractivity contribution >= 4 is 11.3 Å². The normalized spacial score (nSPS) is 17.4. The molecule has 0 spiro atoms. The minimum atomic E-state index is -0.000750. The molecule has 0 N–H and O–H groups in total. The number of aryl methyl sites for hydroxylation is 1. The van der Waals surface area contributed by atoms with Gasteiger partial charge in [-0.15, -0.1) is 11.3 Å². The summed E-state index contributed by atoms with van der Waals surface area (Å²) in [6.07, 6.45) is 3.29. The van der Waals surface area contributed by atoms with Crippen molar-refractivity contribution in [1.82, 2.24) is 4.90 Å². The summed E-state index contributed by atoms with van der Waals surface area (Å²) in [7, 11) is 2.13. The molecular formula is C13H18N2S. The first-order valence-corrected chi connectivity index (χ1v) is 6.66. The second kappa shape index (κ2) is 4.57. The molecule has 1 fully saturated rings. The van der Waals surface area contributed by atoms with Crippen LogP contribution in [0.5, 0.6) is 0 Å². The molecule has 0 amide bonds. The molecule has 0 saturated heterocycles.